The Morgan fingerprint density at radius 1 is 1.35 bits per heavy atom. The molecule has 122 valence electrons. The third-order valence-corrected chi connectivity index (χ3v) is 4.30. The molecule has 0 saturated heterocycles. The van der Waals surface area contributed by atoms with Crippen LogP contribution in [0.15, 0.2) is 35.3 Å². The van der Waals surface area contributed by atoms with Crippen LogP contribution in [-0.2, 0) is 11.3 Å². The maximum Gasteiger partial charge on any atom is 0.287 e. The Bertz CT molecular complexity index is 777. The molecule has 1 heterocycles. The molecule has 0 aliphatic heterocycles. The van der Waals surface area contributed by atoms with Crippen LogP contribution in [0.5, 0.6) is 0 Å². The molecule has 1 aromatic heterocycles. The number of hydrogen-bond donors (Lipinski definition) is 0. The van der Waals surface area contributed by atoms with Gasteiger partial charge in [0, 0.05) is 7.05 Å². The van der Waals surface area contributed by atoms with Gasteiger partial charge in [0.2, 0.25) is 5.91 Å². The summed E-state index contributed by atoms with van der Waals surface area (Å²) in [7, 11) is 1.60. The number of rotatable bonds is 4. The molecule has 0 N–H and O–H groups in total. The minimum absolute atomic E-state index is 0.0356. The zero-order chi connectivity index (χ0) is 17.1. The van der Waals surface area contributed by atoms with E-state index in [4.69, 9.17) is 23.2 Å². The fourth-order valence-corrected chi connectivity index (χ4v) is 2.25. The predicted molar refractivity (Wildman–Crippen MR) is 86.1 cm³/mol. The highest BCUT2D eigenvalue weighted by Crippen LogP contribution is 2.19. The molecule has 0 bridgehead atoms. The Labute approximate surface area is 142 Å². The van der Waals surface area contributed by atoms with Crippen molar-refractivity contribution in [3.8, 4) is 0 Å². The van der Waals surface area contributed by atoms with Crippen LogP contribution in [0.3, 0.4) is 0 Å². The number of carbonyl (C=O) groups excluding carboxylic acids is 1. The van der Waals surface area contributed by atoms with Gasteiger partial charge in [-0.1, -0.05) is 35.3 Å². The number of carbonyl (C=O) groups is 1. The highest BCUT2D eigenvalue weighted by atomic mass is 35.5. The second kappa shape index (κ2) is 7.10. The Kier molecular flexibility index (Phi) is 5.38. The van der Waals surface area contributed by atoms with E-state index in [2.05, 4.69) is 5.10 Å². The van der Waals surface area contributed by atoms with Gasteiger partial charge in [-0.05, 0) is 24.6 Å². The highest BCUT2D eigenvalue weighted by Gasteiger charge is 2.19. The summed E-state index contributed by atoms with van der Waals surface area (Å²) in [6, 6.07) is 5.58. The first-order valence-corrected chi connectivity index (χ1v) is 7.49. The maximum atomic E-state index is 13.0. The predicted octanol–water partition coefficient (Wildman–Crippen LogP) is 2.91. The van der Waals surface area contributed by atoms with E-state index in [9.17, 15) is 14.0 Å². The monoisotopic (exact) mass is 357 g/mol. The SMILES string of the molecule is CC(c1ccc(F)cc1)N(C)C(=O)Cn1ncc(Cl)c(Cl)c1=O. The molecule has 0 saturated carbocycles. The Morgan fingerprint density at radius 3 is 2.57 bits per heavy atom. The molecule has 23 heavy (non-hydrogen) atoms. The summed E-state index contributed by atoms with van der Waals surface area (Å²) in [5.74, 6) is -0.684. The molecule has 2 aromatic rings. The van der Waals surface area contributed by atoms with Gasteiger partial charge in [-0.2, -0.15) is 5.10 Å². The molecule has 0 fully saturated rings. The van der Waals surface area contributed by atoms with E-state index in [0.717, 1.165) is 10.2 Å². The van der Waals surface area contributed by atoms with E-state index in [1.165, 1.54) is 23.2 Å². The van der Waals surface area contributed by atoms with E-state index in [1.54, 1.807) is 26.1 Å². The Morgan fingerprint density at radius 2 is 1.96 bits per heavy atom. The highest BCUT2D eigenvalue weighted by molar-refractivity contribution is 6.41. The van der Waals surface area contributed by atoms with Gasteiger partial charge in [-0.25, -0.2) is 9.07 Å². The number of hydrogen-bond acceptors (Lipinski definition) is 3. The summed E-state index contributed by atoms with van der Waals surface area (Å²) >= 11 is 11.4. The first-order valence-electron chi connectivity index (χ1n) is 6.73. The molecule has 5 nitrogen and oxygen atoms in total. The number of benzene rings is 1. The lowest BCUT2D eigenvalue weighted by molar-refractivity contribution is -0.132. The molecular formula is C15H14Cl2FN3O2. The van der Waals surface area contributed by atoms with Crippen molar-refractivity contribution in [1.29, 1.82) is 0 Å². The summed E-state index contributed by atoms with van der Waals surface area (Å²) in [6.07, 6.45) is 1.21. The number of likely N-dealkylation sites (N-methyl/N-ethyl adjacent to an activating group) is 1. The fraction of sp³-hybridized carbons (Fsp3) is 0.267. The van der Waals surface area contributed by atoms with Crippen LogP contribution in [0.2, 0.25) is 10.0 Å². The Balaban J connectivity index is 2.15. The van der Waals surface area contributed by atoms with Crippen LogP contribution < -0.4 is 5.56 Å². The van der Waals surface area contributed by atoms with E-state index < -0.39 is 5.56 Å². The van der Waals surface area contributed by atoms with Crippen LogP contribution in [0, 0.1) is 5.82 Å². The van der Waals surface area contributed by atoms with Crippen LogP contribution in [-0.4, -0.2) is 27.6 Å². The summed E-state index contributed by atoms with van der Waals surface area (Å²) in [6.45, 7) is 1.54. The van der Waals surface area contributed by atoms with Gasteiger partial charge in [-0.15, -0.1) is 0 Å². The van der Waals surface area contributed by atoms with Crippen molar-refractivity contribution in [3.63, 3.8) is 0 Å². The van der Waals surface area contributed by atoms with E-state index in [-0.39, 0.29) is 34.4 Å². The van der Waals surface area contributed by atoms with Crippen molar-refractivity contribution in [2.24, 2.45) is 0 Å². The van der Waals surface area contributed by atoms with Crippen LogP contribution >= 0.6 is 23.2 Å². The van der Waals surface area contributed by atoms with Gasteiger partial charge >= 0.3 is 0 Å². The molecule has 0 aliphatic rings. The zero-order valence-electron chi connectivity index (χ0n) is 12.5. The molecule has 1 unspecified atom stereocenters. The summed E-state index contributed by atoms with van der Waals surface area (Å²) in [5.41, 5.74) is 0.145. The number of halogens is 3. The normalized spacial score (nSPS) is 12.0. The fourth-order valence-electron chi connectivity index (χ4n) is 1.98. The molecule has 1 atom stereocenters. The summed E-state index contributed by atoms with van der Waals surface area (Å²) < 4.78 is 13.9. The lowest BCUT2D eigenvalue weighted by Gasteiger charge is -2.25. The van der Waals surface area contributed by atoms with Crippen LogP contribution in [0.4, 0.5) is 4.39 Å². The van der Waals surface area contributed by atoms with Gasteiger partial charge < -0.3 is 4.90 Å². The molecule has 2 rings (SSSR count). The van der Waals surface area contributed by atoms with Crippen molar-refractivity contribution >= 4 is 29.1 Å². The lowest BCUT2D eigenvalue weighted by Crippen LogP contribution is -2.36. The van der Waals surface area contributed by atoms with Crippen LogP contribution in [0.1, 0.15) is 18.5 Å². The second-order valence-electron chi connectivity index (χ2n) is 5.00. The molecule has 1 aromatic carbocycles. The summed E-state index contributed by atoms with van der Waals surface area (Å²) in [4.78, 5) is 25.7. The van der Waals surface area contributed by atoms with Crippen molar-refractivity contribution in [2.45, 2.75) is 19.5 Å². The second-order valence-corrected chi connectivity index (χ2v) is 5.79. The molecule has 0 aliphatic carbocycles. The standard InChI is InChI=1S/C15H14Cl2FN3O2/c1-9(10-3-5-11(18)6-4-10)20(2)13(22)8-21-15(23)14(17)12(16)7-19-21/h3-7,9H,8H2,1-2H3. The average Bonchev–Trinajstić information content (AvgIpc) is 2.54. The quantitative estimate of drug-likeness (QED) is 0.845. The largest absolute Gasteiger partial charge is 0.337 e. The maximum absolute atomic E-state index is 13.0. The van der Waals surface area contributed by atoms with Gasteiger partial charge in [-0.3, -0.25) is 9.59 Å². The van der Waals surface area contributed by atoms with Gasteiger partial charge in [0.05, 0.1) is 17.3 Å². The third kappa shape index (κ3) is 3.89. The summed E-state index contributed by atoms with van der Waals surface area (Å²) in [5, 5.41) is 3.65. The van der Waals surface area contributed by atoms with E-state index >= 15 is 0 Å². The van der Waals surface area contributed by atoms with Gasteiger partial charge in [0.1, 0.15) is 17.4 Å². The minimum Gasteiger partial charge on any atom is -0.337 e. The van der Waals surface area contributed by atoms with Crippen molar-refractivity contribution in [3.05, 3.63) is 62.2 Å². The molecular weight excluding hydrogens is 344 g/mol. The first-order chi connectivity index (χ1) is 10.8. The lowest BCUT2D eigenvalue weighted by atomic mass is 10.1. The molecule has 0 spiro atoms. The van der Waals surface area contributed by atoms with Gasteiger partial charge in [0.25, 0.3) is 5.56 Å². The number of aromatic nitrogens is 2. The zero-order valence-corrected chi connectivity index (χ0v) is 14.0. The molecule has 0 radical (unpaired) electrons. The molecule has 8 heteroatoms. The van der Waals surface area contributed by atoms with Crippen LogP contribution in [0.25, 0.3) is 0 Å². The number of nitrogens with zero attached hydrogens (tertiary/aromatic N) is 3. The number of amides is 1. The van der Waals surface area contributed by atoms with Gasteiger partial charge in [0.15, 0.2) is 0 Å². The van der Waals surface area contributed by atoms with E-state index in [1.807, 2.05) is 0 Å². The average molecular weight is 358 g/mol. The topological polar surface area (TPSA) is 55.2 Å². The Hall–Kier alpha value is -1.92. The van der Waals surface area contributed by atoms with Crippen molar-refractivity contribution in [1.82, 2.24) is 14.7 Å². The smallest absolute Gasteiger partial charge is 0.287 e. The van der Waals surface area contributed by atoms with Crippen molar-refractivity contribution < 1.29 is 9.18 Å². The minimum atomic E-state index is -0.629. The van der Waals surface area contributed by atoms with Crippen molar-refractivity contribution in [2.75, 3.05) is 7.05 Å². The van der Waals surface area contributed by atoms with E-state index in [0.29, 0.717) is 0 Å². The third-order valence-electron chi connectivity index (χ3n) is 3.55. The first kappa shape index (κ1) is 17.4. The molecule has 1 amide bonds.